The van der Waals surface area contributed by atoms with E-state index in [1.54, 1.807) is 12.1 Å². The number of benzene rings is 2. The minimum atomic E-state index is -0.301. The summed E-state index contributed by atoms with van der Waals surface area (Å²) in [4.78, 5) is 20.9. The van der Waals surface area contributed by atoms with E-state index in [1.165, 1.54) is 12.1 Å². The van der Waals surface area contributed by atoms with Crippen LogP contribution in [0.3, 0.4) is 0 Å². The Bertz CT molecular complexity index is 903. The Morgan fingerprint density at radius 3 is 2.41 bits per heavy atom. The summed E-state index contributed by atoms with van der Waals surface area (Å²) >= 11 is 0. The number of aromatic nitrogens is 2. The van der Waals surface area contributed by atoms with Crippen LogP contribution in [-0.2, 0) is 6.54 Å². The molecular weight excluding hydrogens is 347 g/mol. The molecule has 1 amide bonds. The second-order valence-electron chi connectivity index (χ2n) is 6.45. The number of amides is 1. The summed E-state index contributed by atoms with van der Waals surface area (Å²) in [7, 11) is 0. The fourth-order valence-corrected chi connectivity index (χ4v) is 3.10. The van der Waals surface area contributed by atoms with Crippen LogP contribution in [0.5, 0.6) is 0 Å². The molecule has 0 saturated carbocycles. The van der Waals surface area contributed by atoms with Gasteiger partial charge in [-0.05, 0) is 36.4 Å². The molecule has 27 heavy (non-hydrogen) atoms. The summed E-state index contributed by atoms with van der Waals surface area (Å²) in [6, 6.07) is 15.3. The van der Waals surface area contributed by atoms with Gasteiger partial charge >= 0.3 is 0 Å². The van der Waals surface area contributed by atoms with Crippen molar-refractivity contribution in [1.29, 1.82) is 0 Å². The number of hydrogen-bond acceptors (Lipinski definition) is 5. The summed E-state index contributed by atoms with van der Waals surface area (Å²) in [6.45, 7) is 3.33. The summed E-state index contributed by atoms with van der Waals surface area (Å²) in [6.07, 6.45) is 0. The molecule has 0 N–H and O–H groups in total. The van der Waals surface area contributed by atoms with Crippen LogP contribution in [0.15, 0.2) is 59.1 Å². The van der Waals surface area contributed by atoms with Gasteiger partial charge in [0.15, 0.2) is 0 Å². The van der Waals surface area contributed by atoms with Crippen molar-refractivity contribution in [3.8, 4) is 11.4 Å². The fourth-order valence-electron chi connectivity index (χ4n) is 3.10. The van der Waals surface area contributed by atoms with E-state index >= 15 is 0 Å². The lowest BCUT2D eigenvalue weighted by Crippen LogP contribution is -2.48. The molecule has 138 valence electrons. The van der Waals surface area contributed by atoms with E-state index < -0.39 is 0 Å². The third-order valence-electron chi connectivity index (χ3n) is 4.61. The number of halogens is 1. The molecule has 6 nitrogen and oxygen atoms in total. The highest BCUT2D eigenvalue weighted by molar-refractivity contribution is 5.94. The second-order valence-corrected chi connectivity index (χ2v) is 6.45. The molecule has 1 aliphatic heterocycles. The summed E-state index contributed by atoms with van der Waals surface area (Å²) < 4.78 is 18.3. The van der Waals surface area contributed by atoms with E-state index in [0.29, 0.717) is 42.5 Å². The first-order valence-corrected chi connectivity index (χ1v) is 8.84. The quantitative estimate of drug-likeness (QED) is 0.711. The van der Waals surface area contributed by atoms with Crippen molar-refractivity contribution >= 4 is 5.91 Å². The van der Waals surface area contributed by atoms with Crippen LogP contribution in [0.4, 0.5) is 4.39 Å². The first-order chi connectivity index (χ1) is 13.2. The average molecular weight is 366 g/mol. The molecule has 2 heterocycles. The number of carbonyl (C=O) groups is 1. The lowest BCUT2D eigenvalue weighted by Gasteiger charge is -2.34. The van der Waals surface area contributed by atoms with Crippen molar-refractivity contribution in [2.24, 2.45) is 0 Å². The number of carbonyl (C=O) groups excluding carboxylic acids is 1. The Balaban J connectivity index is 1.33. The lowest BCUT2D eigenvalue weighted by molar-refractivity contribution is 0.0615. The van der Waals surface area contributed by atoms with Gasteiger partial charge in [0.1, 0.15) is 5.82 Å². The molecule has 4 rings (SSSR count). The van der Waals surface area contributed by atoms with Crippen molar-refractivity contribution in [2.75, 3.05) is 26.2 Å². The monoisotopic (exact) mass is 366 g/mol. The number of rotatable bonds is 4. The van der Waals surface area contributed by atoms with Crippen LogP contribution in [0.25, 0.3) is 11.4 Å². The van der Waals surface area contributed by atoms with Gasteiger partial charge < -0.3 is 9.42 Å². The van der Waals surface area contributed by atoms with E-state index in [1.807, 2.05) is 35.2 Å². The van der Waals surface area contributed by atoms with Gasteiger partial charge in [-0.25, -0.2) is 4.39 Å². The highest BCUT2D eigenvalue weighted by atomic mass is 19.1. The SMILES string of the molecule is O=C(c1ccccc1)N1CCN(Cc2nc(-c3ccc(F)cc3)no2)CC1. The first kappa shape index (κ1) is 17.4. The molecule has 3 aromatic rings. The van der Waals surface area contributed by atoms with E-state index in [2.05, 4.69) is 15.0 Å². The third kappa shape index (κ3) is 4.03. The van der Waals surface area contributed by atoms with Gasteiger partial charge in [0.25, 0.3) is 5.91 Å². The Morgan fingerprint density at radius 1 is 1.00 bits per heavy atom. The van der Waals surface area contributed by atoms with E-state index in [0.717, 1.165) is 13.1 Å². The van der Waals surface area contributed by atoms with Crippen molar-refractivity contribution in [3.05, 3.63) is 71.9 Å². The predicted octanol–water partition coefficient (Wildman–Crippen LogP) is 2.83. The highest BCUT2D eigenvalue weighted by Crippen LogP contribution is 2.17. The van der Waals surface area contributed by atoms with Gasteiger partial charge in [-0.3, -0.25) is 9.69 Å². The van der Waals surface area contributed by atoms with Gasteiger partial charge in [0.05, 0.1) is 6.54 Å². The zero-order valence-electron chi connectivity index (χ0n) is 14.7. The molecule has 1 aromatic heterocycles. The normalized spacial score (nSPS) is 15.1. The van der Waals surface area contributed by atoms with Gasteiger partial charge in [-0.15, -0.1) is 0 Å². The van der Waals surface area contributed by atoms with Crippen LogP contribution in [-0.4, -0.2) is 52.0 Å². The predicted molar refractivity (Wildman–Crippen MR) is 97.3 cm³/mol. The Labute approximate surface area is 156 Å². The summed E-state index contributed by atoms with van der Waals surface area (Å²) in [5, 5.41) is 3.96. The lowest BCUT2D eigenvalue weighted by atomic mass is 10.2. The maximum atomic E-state index is 13.0. The Hall–Kier alpha value is -3.06. The maximum absolute atomic E-state index is 13.0. The van der Waals surface area contributed by atoms with Gasteiger partial charge in [-0.2, -0.15) is 4.98 Å². The molecule has 7 heteroatoms. The molecular formula is C20H19FN4O2. The van der Waals surface area contributed by atoms with Crippen LogP contribution in [0.1, 0.15) is 16.2 Å². The molecule has 1 saturated heterocycles. The van der Waals surface area contributed by atoms with E-state index in [9.17, 15) is 9.18 Å². The standard InChI is InChI=1S/C20H19FN4O2/c21-17-8-6-15(7-9-17)19-22-18(27-23-19)14-24-10-12-25(13-11-24)20(26)16-4-2-1-3-5-16/h1-9H,10-14H2. The van der Waals surface area contributed by atoms with Crippen LogP contribution < -0.4 is 0 Å². The topological polar surface area (TPSA) is 62.5 Å². The van der Waals surface area contributed by atoms with Crippen LogP contribution in [0, 0.1) is 5.82 Å². The Morgan fingerprint density at radius 2 is 1.70 bits per heavy atom. The highest BCUT2D eigenvalue weighted by Gasteiger charge is 2.23. The van der Waals surface area contributed by atoms with Crippen molar-refractivity contribution < 1.29 is 13.7 Å². The summed E-state index contributed by atoms with van der Waals surface area (Å²) in [5.74, 6) is 0.720. The molecule has 0 atom stereocenters. The van der Waals surface area contributed by atoms with Gasteiger partial charge in [0.2, 0.25) is 11.7 Å². The van der Waals surface area contributed by atoms with E-state index in [-0.39, 0.29) is 11.7 Å². The third-order valence-corrected chi connectivity index (χ3v) is 4.61. The number of piperazine rings is 1. The van der Waals surface area contributed by atoms with Crippen molar-refractivity contribution in [2.45, 2.75) is 6.54 Å². The van der Waals surface area contributed by atoms with Gasteiger partial charge in [-0.1, -0.05) is 23.4 Å². The zero-order valence-corrected chi connectivity index (χ0v) is 14.7. The molecule has 0 radical (unpaired) electrons. The zero-order chi connectivity index (χ0) is 18.6. The molecule has 2 aromatic carbocycles. The molecule has 0 aliphatic carbocycles. The van der Waals surface area contributed by atoms with Crippen LogP contribution in [0.2, 0.25) is 0 Å². The first-order valence-electron chi connectivity index (χ1n) is 8.84. The second kappa shape index (κ2) is 7.67. The van der Waals surface area contributed by atoms with Crippen LogP contribution >= 0.6 is 0 Å². The maximum Gasteiger partial charge on any atom is 0.253 e. The minimum absolute atomic E-state index is 0.0617. The largest absolute Gasteiger partial charge is 0.338 e. The molecule has 1 fully saturated rings. The van der Waals surface area contributed by atoms with Crippen molar-refractivity contribution in [1.82, 2.24) is 19.9 Å². The minimum Gasteiger partial charge on any atom is -0.338 e. The molecule has 1 aliphatic rings. The summed E-state index contributed by atoms with van der Waals surface area (Å²) in [5.41, 5.74) is 1.43. The van der Waals surface area contributed by atoms with Crippen molar-refractivity contribution in [3.63, 3.8) is 0 Å². The van der Waals surface area contributed by atoms with E-state index in [4.69, 9.17) is 4.52 Å². The smallest absolute Gasteiger partial charge is 0.253 e. The molecule has 0 bridgehead atoms. The number of hydrogen-bond donors (Lipinski definition) is 0. The molecule has 0 spiro atoms. The number of nitrogens with zero attached hydrogens (tertiary/aromatic N) is 4. The Kier molecular flexibility index (Phi) is 4.93. The average Bonchev–Trinajstić information content (AvgIpc) is 3.18. The fraction of sp³-hybridized carbons (Fsp3) is 0.250. The van der Waals surface area contributed by atoms with Gasteiger partial charge in [0, 0.05) is 37.3 Å². The molecule has 0 unspecified atom stereocenters.